The number of hydrogen-bond donors (Lipinski definition) is 1. The minimum atomic E-state index is -0.0998. The predicted octanol–water partition coefficient (Wildman–Crippen LogP) is 3.85. The molecule has 3 aromatic rings. The molecule has 0 aliphatic carbocycles. The monoisotopic (exact) mass is 368 g/mol. The number of carbonyl (C=O) groups is 1. The molecule has 0 aliphatic rings. The van der Waals surface area contributed by atoms with Gasteiger partial charge in [-0.25, -0.2) is 4.98 Å². The van der Waals surface area contributed by atoms with Gasteiger partial charge in [0.2, 0.25) is 0 Å². The highest BCUT2D eigenvalue weighted by Gasteiger charge is 2.11. The summed E-state index contributed by atoms with van der Waals surface area (Å²) in [5, 5.41) is 3.96. The van der Waals surface area contributed by atoms with Gasteiger partial charge in [-0.05, 0) is 51.4 Å². The second-order valence-corrected chi connectivity index (χ2v) is 7.73. The van der Waals surface area contributed by atoms with Gasteiger partial charge in [-0.15, -0.1) is 0 Å². The summed E-state index contributed by atoms with van der Waals surface area (Å²) in [6.45, 7) is 3.90. The number of thiazole rings is 1. The van der Waals surface area contributed by atoms with E-state index in [1.165, 1.54) is 0 Å². The van der Waals surface area contributed by atoms with E-state index in [4.69, 9.17) is 4.98 Å². The van der Waals surface area contributed by atoms with Crippen LogP contribution >= 0.6 is 11.3 Å². The Hall–Kier alpha value is -2.44. The lowest BCUT2D eigenvalue weighted by atomic mass is 10.1. The molecule has 5 nitrogen and oxygen atoms in total. The standard InChI is InChI=1S/C20H24N4OS/c1-14-5-7-15(8-6-14)19(25)21-16-9-10-17-18(13-16)26-20(22-17)24(4)12-11-23(2)3/h5-10,13H,11-12H2,1-4H3,(H,21,25). The summed E-state index contributed by atoms with van der Waals surface area (Å²) >= 11 is 1.64. The molecule has 3 rings (SSSR count). The molecule has 0 unspecified atom stereocenters. The zero-order chi connectivity index (χ0) is 18.7. The van der Waals surface area contributed by atoms with Crippen LogP contribution in [0.15, 0.2) is 42.5 Å². The Morgan fingerprint density at radius 1 is 1.08 bits per heavy atom. The third-order valence-corrected chi connectivity index (χ3v) is 5.29. The molecule has 0 saturated heterocycles. The fraction of sp³-hybridized carbons (Fsp3) is 0.300. The quantitative estimate of drug-likeness (QED) is 0.718. The predicted molar refractivity (Wildman–Crippen MR) is 111 cm³/mol. The molecule has 1 aromatic heterocycles. The number of rotatable bonds is 6. The second kappa shape index (κ2) is 7.85. The number of hydrogen-bond acceptors (Lipinski definition) is 5. The van der Waals surface area contributed by atoms with Gasteiger partial charge in [0.25, 0.3) is 5.91 Å². The minimum Gasteiger partial charge on any atom is -0.350 e. The van der Waals surface area contributed by atoms with Crippen molar-refractivity contribution in [1.82, 2.24) is 9.88 Å². The molecule has 0 bridgehead atoms. The lowest BCUT2D eigenvalue weighted by Gasteiger charge is -2.18. The van der Waals surface area contributed by atoms with Gasteiger partial charge in [-0.2, -0.15) is 0 Å². The molecule has 0 radical (unpaired) electrons. The summed E-state index contributed by atoms with van der Waals surface area (Å²) in [6, 6.07) is 13.4. The van der Waals surface area contributed by atoms with Crippen LogP contribution in [0, 0.1) is 6.92 Å². The number of aryl methyl sites for hydroxylation is 1. The zero-order valence-electron chi connectivity index (χ0n) is 15.6. The van der Waals surface area contributed by atoms with Gasteiger partial charge in [0.15, 0.2) is 5.13 Å². The number of nitrogens with one attached hydrogen (secondary N) is 1. The lowest BCUT2D eigenvalue weighted by Crippen LogP contribution is -2.28. The smallest absolute Gasteiger partial charge is 0.255 e. The molecule has 6 heteroatoms. The Kier molecular flexibility index (Phi) is 5.54. The Bertz CT molecular complexity index is 902. The lowest BCUT2D eigenvalue weighted by molar-refractivity contribution is 0.102. The van der Waals surface area contributed by atoms with Crippen molar-refractivity contribution in [3.05, 3.63) is 53.6 Å². The third kappa shape index (κ3) is 4.39. The maximum atomic E-state index is 12.4. The maximum Gasteiger partial charge on any atom is 0.255 e. The first-order valence-corrected chi connectivity index (χ1v) is 9.38. The van der Waals surface area contributed by atoms with E-state index in [1.54, 1.807) is 11.3 Å². The third-order valence-electron chi connectivity index (χ3n) is 4.16. The molecule has 0 fully saturated rings. The van der Waals surface area contributed by atoms with E-state index in [9.17, 15) is 4.79 Å². The summed E-state index contributed by atoms with van der Waals surface area (Å²) in [4.78, 5) is 21.4. The highest BCUT2D eigenvalue weighted by molar-refractivity contribution is 7.22. The van der Waals surface area contributed by atoms with Gasteiger partial charge >= 0.3 is 0 Å². The van der Waals surface area contributed by atoms with E-state index in [2.05, 4.69) is 36.3 Å². The highest BCUT2D eigenvalue weighted by Crippen LogP contribution is 2.30. The summed E-state index contributed by atoms with van der Waals surface area (Å²) in [6.07, 6.45) is 0. The van der Waals surface area contributed by atoms with Crippen LogP contribution in [0.4, 0.5) is 10.8 Å². The van der Waals surface area contributed by atoms with Gasteiger partial charge in [-0.3, -0.25) is 4.79 Å². The van der Waals surface area contributed by atoms with E-state index in [-0.39, 0.29) is 5.91 Å². The van der Waals surface area contributed by atoms with Gasteiger partial charge < -0.3 is 15.1 Å². The van der Waals surface area contributed by atoms with Gasteiger partial charge in [0.1, 0.15) is 0 Å². The fourth-order valence-electron chi connectivity index (χ4n) is 2.51. The molecule has 2 aromatic carbocycles. The summed E-state index contributed by atoms with van der Waals surface area (Å²) in [5.41, 5.74) is 3.53. The van der Waals surface area contributed by atoms with Crippen LogP contribution in [0.2, 0.25) is 0 Å². The summed E-state index contributed by atoms with van der Waals surface area (Å²) < 4.78 is 1.07. The first kappa shape index (κ1) is 18.4. The molecule has 0 saturated carbocycles. The van der Waals surface area contributed by atoms with Crippen LogP contribution in [-0.4, -0.2) is 50.0 Å². The highest BCUT2D eigenvalue weighted by atomic mass is 32.1. The molecular formula is C20H24N4OS. The van der Waals surface area contributed by atoms with Gasteiger partial charge in [0.05, 0.1) is 10.2 Å². The first-order chi connectivity index (χ1) is 12.4. The molecule has 26 heavy (non-hydrogen) atoms. The van der Waals surface area contributed by atoms with Gasteiger partial charge in [-0.1, -0.05) is 29.0 Å². The van der Waals surface area contributed by atoms with Crippen molar-refractivity contribution in [3.8, 4) is 0 Å². The number of aromatic nitrogens is 1. The SMILES string of the molecule is Cc1ccc(C(=O)Nc2ccc3nc(N(C)CCN(C)C)sc3c2)cc1. The van der Waals surface area contributed by atoms with Crippen molar-refractivity contribution in [3.63, 3.8) is 0 Å². The van der Waals surface area contributed by atoms with Crippen LogP contribution in [0.5, 0.6) is 0 Å². The van der Waals surface area contributed by atoms with E-state index >= 15 is 0 Å². The molecule has 0 atom stereocenters. The van der Waals surface area contributed by atoms with Crippen molar-refractivity contribution < 1.29 is 4.79 Å². The Balaban J connectivity index is 1.74. The minimum absolute atomic E-state index is 0.0998. The number of nitrogens with zero attached hydrogens (tertiary/aromatic N) is 3. The van der Waals surface area contributed by atoms with Crippen molar-refractivity contribution in [2.24, 2.45) is 0 Å². The van der Waals surface area contributed by atoms with E-state index in [0.717, 1.165) is 39.7 Å². The van der Waals surface area contributed by atoms with Crippen LogP contribution in [0.3, 0.4) is 0 Å². The average Bonchev–Trinajstić information content (AvgIpc) is 3.03. The summed E-state index contributed by atoms with van der Waals surface area (Å²) in [7, 11) is 6.19. The van der Waals surface area contributed by atoms with Crippen LogP contribution < -0.4 is 10.2 Å². The van der Waals surface area contributed by atoms with E-state index < -0.39 is 0 Å². The molecule has 1 heterocycles. The van der Waals surface area contributed by atoms with Crippen molar-refractivity contribution in [2.75, 3.05) is 44.4 Å². The van der Waals surface area contributed by atoms with Gasteiger partial charge in [0, 0.05) is 31.4 Å². The number of fused-ring (bicyclic) bond motifs is 1. The first-order valence-electron chi connectivity index (χ1n) is 8.57. The van der Waals surface area contributed by atoms with Crippen LogP contribution in [0.1, 0.15) is 15.9 Å². The Labute approximate surface area is 158 Å². The molecule has 1 amide bonds. The maximum absolute atomic E-state index is 12.4. The molecular weight excluding hydrogens is 344 g/mol. The largest absolute Gasteiger partial charge is 0.350 e. The fourth-order valence-corrected chi connectivity index (χ4v) is 3.50. The number of amides is 1. The van der Waals surface area contributed by atoms with Crippen LogP contribution in [0.25, 0.3) is 10.2 Å². The van der Waals surface area contributed by atoms with Crippen molar-refractivity contribution in [2.45, 2.75) is 6.92 Å². The second-order valence-electron chi connectivity index (χ2n) is 6.72. The Morgan fingerprint density at radius 2 is 1.81 bits per heavy atom. The Morgan fingerprint density at radius 3 is 2.50 bits per heavy atom. The van der Waals surface area contributed by atoms with Crippen molar-refractivity contribution in [1.29, 1.82) is 0 Å². The van der Waals surface area contributed by atoms with Crippen molar-refractivity contribution >= 4 is 38.3 Å². The van der Waals surface area contributed by atoms with E-state index in [0.29, 0.717) is 5.56 Å². The van der Waals surface area contributed by atoms with Crippen LogP contribution in [-0.2, 0) is 0 Å². The zero-order valence-corrected chi connectivity index (χ0v) is 16.4. The molecule has 0 spiro atoms. The molecule has 0 aliphatic heterocycles. The summed E-state index contributed by atoms with van der Waals surface area (Å²) in [5.74, 6) is -0.0998. The normalized spacial score (nSPS) is 11.1. The molecule has 136 valence electrons. The van der Waals surface area contributed by atoms with E-state index in [1.807, 2.05) is 49.4 Å². The topological polar surface area (TPSA) is 48.5 Å². The number of likely N-dealkylation sites (N-methyl/N-ethyl adjacent to an activating group) is 2. The number of carbonyl (C=O) groups excluding carboxylic acids is 1. The number of anilines is 2. The number of benzene rings is 2. The molecule has 1 N–H and O–H groups in total. The average molecular weight is 369 g/mol.